The molecule has 0 radical (unpaired) electrons. The number of anilines is 1. The molecule has 0 aliphatic heterocycles. The number of carbonyl (C=O) groups excluding carboxylic acids is 2. The third-order valence-corrected chi connectivity index (χ3v) is 5.39. The third-order valence-electron chi connectivity index (χ3n) is 4.28. The van der Waals surface area contributed by atoms with Crippen LogP contribution in [-0.2, 0) is 11.3 Å². The molecule has 162 valence electrons. The van der Waals surface area contributed by atoms with Crippen LogP contribution in [0.25, 0.3) is 21.7 Å². The molecule has 0 spiro atoms. The van der Waals surface area contributed by atoms with Gasteiger partial charge in [-0.05, 0) is 57.9 Å². The molecule has 0 saturated heterocycles. The van der Waals surface area contributed by atoms with Gasteiger partial charge in [-0.15, -0.1) is 11.3 Å². The molecule has 4 rings (SSSR count). The Kier molecular flexibility index (Phi) is 5.73. The molecule has 3 N–H and O–H groups in total. The van der Waals surface area contributed by atoms with E-state index in [1.165, 1.54) is 11.3 Å². The van der Waals surface area contributed by atoms with Crippen LogP contribution < -0.4 is 16.0 Å². The van der Waals surface area contributed by atoms with Crippen LogP contribution in [0.2, 0.25) is 0 Å². The Morgan fingerprint density at radius 1 is 1.16 bits per heavy atom. The van der Waals surface area contributed by atoms with E-state index in [4.69, 9.17) is 4.74 Å². The maximum absolute atomic E-state index is 11.9. The van der Waals surface area contributed by atoms with Crippen molar-refractivity contribution in [1.82, 2.24) is 25.6 Å². The van der Waals surface area contributed by atoms with E-state index in [2.05, 4.69) is 30.9 Å². The Hall–Kier alpha value is -3.27. The number of carbonyl (C=O) groups is 2. The Morgan fingerprint density at radius 3 is 2.71 bits per heavy atom. The first-order valence-corrected chi connectivity index (χ1v) is 10.8. The summed E-state index contributed by atoms with van der Waals surface area (Å²) in [5.74, 6) is 0.422. The van der Waals surface area contributed by atoms with Crippen molar-refractivity contribution in [2.24, 2.45) is 0 Å². The van der Waals surface area contributed by atoms with E-state index in [1.54, 1.807) is 18.3 Å². The lowest BCUT2D eigenvalue weighted by Crippen LogP contribution is -2.31. The van der Waals surface area contributed by atoms with Crippen molar-refractivity contribution in [2.45, 2.75) is 51.8 Å². The summed E-state index contributed by atoms with van der Waals surface area (Å²) in [5, 5.41) is 8.34. The molecule has 3 amide bonds. The number of urea groups is 1. The highest BCUT2D eigenvalue weighted by molar-refractivity contribution is 7.15. The lowest BCUT2D eigenvalue weighted by Gasteiger charge is -2.19. The van der Waals surface area contributed by atoms with Gasteiger partial charge in [-0.25, -0.2) is 19.6 Å². The molecule has 1 aliphatic rings. The monoisotopic (exact) mass is 440 g/mol. The molecule has 1 fully saturated rings. The number of hydrogen-bond donors (Lipinski definition) is 3. The van der Waals surface area contributed by atoms with Gasteiger partial charge in [0.2, 0.25) is 0 Å². The summed E-state index contributed by atoms with van der Waals surface area (Å²) in [6.07, 6.45) is 3.27. The third kappa shape index (κ3) is 5.88. The number of thiophene rings is 1. The zero-order valence-corrected chi connectivity index (χ0v) is 18.4. The fourth-order valence-electron chi connectivity index (χ4n) is 2.74. The molecule has 10 heteroatoms. The number of nitrogens with zero attached hydrogens (tertiary/aromatic N) is 3. The predicted octanol–water partition coefficient (Wildman–Crippen LogP) is 4.06. The summed E-state index contributed by atoms with van der Waals surface area (Å²) in [4.78, 5) is 39.1. The molecule has 0 aromatic carbocycles. The lowest BCUT2D eigenvalue weighted by atomic mass is 10.2. The van der Waals surface area contributed by atoms with Crippen molar-refractivity contribution < 1.29 is 14.3 Å². The summed E-state index contributed by atoms with van der Waals surface area (Å²) < 4.78 is 5.25. The number of amides is 3. The Bertz CT molecular complexity index is 1120. The minimum Gasteiger partial charge on any atom is -0.444 e. The van der Waals surface area contributed by atoms with Gasteiger partial charge < -0.3 is 15.4 Å². The molecule has 1 aliphatic carbocycles. The average molecular weight is 441 g/mol. The molecular formula is C21H24N6O3S. The van der Waals surface area contributed by atoms with Crippen molar-refractivity contribution in [3.63, 3.8) is 0 Å². The van der Waals surface area contributed by atoms with E-state index in [1.807, 2.05) is 32.9 Å². The van der Waals surface area contributed by atoms with Gasteiger partial charge in [-0.1, -0.05) is 0 Å². The normalized spacial score (nSPS) is 13.6. The van der Waals surface area contributed by atoms with Gasteiger partial charge in [-0.2, -0.15) is 0 Å². The Labute approximate surface area is 183 Å². The standard InChI is InChI=1S/C21H24N6O3S/c1-21(2,3)30-20(29)23-10-13-6-8-16(31-13)15-11-22-14-7-9-17(26-18(14)25-15)27-19(28)24-12-4-5-12/h6-9,11-12H,4-5,10H2,1-3H3,(H,23,29)(H2,24,25,26,27,28). The van der Waals surface area contributed by atoms with E-state index >= 15 is 0 Å². The topological polar surface area (TPSA) is 118 Å². The number of rotatable bonds is 5. The van der Waals surface area contributed by atoms with Crippen LogP contribution >= 0.6 is 11.3 Å². The second-order valence-electron chi connectivity index (χ2n) is 8.29. The maximum atomic E-state index is 11.9. The molecule has 31 heavy (non-hydrogen) atoms. The van der Waals surface area contributed by atoms with Gasteiger partial charge in [0.05, 0.1) is 17.6 Å². The van der Waals surface area contributed by atoms with Crippen LogP contribution in [0.5, 0.6) is 0 Å². The van der Waals surface area contributed by atoms with Crippen molar-refractivity contribution in [1.29, 1.82) is 0 Å². The number of nitrogens with one attached hydrogen (secondary N) is 3. The van der Waals surface area contributed by atoms with E-state index < -0.39 is 11.7 Å². The zero-order chi connectivity index (χ0) is 22.0. The summed E-state index contributed by atoms with van der Waals surface area (Å²) in [6, 6.07) is 7.34. The minimum atomic E-state index is -0.537. The summed E-state index contributed by atoms with van der Waals surface area (Å²) in [7, 11) is 0. The number of ether oxygens (including phenoxy) is 1. The van der Waals surface area contributed by atoms with E-state index in [0.717, 1.165) is 22.6 Å². The van der Waals surface area contributed by atoms with Crippen molar-refractivity contribution >= 4 is 40.4 Å². The van der Waals surface area contributed by atoms with Crippen LogP contribution in [-0.4, -0.2) is 38.7 Å². The highest BCUT2D eigenvalue weighted by atomic mass is 32.1. The second kappa shape index (κ2) is 8.46. The fraction of sp³-hybridized carbons (Fsp3) is 0.381. The van der Waals surface area contributed by atoms with E-state index in [0.29, 0.717) is 29.2 Å². The molecule has 0 bridgehead atoms. The van der Waals surface area contributed by atoms with Gasteiger partial charge in [-0.3, -0.25) is 10.3 Å². The molecule has 3 aromatic heterocycles. The molecule has 3 aromatic rings. The van der Waals surface area contributed by atoms with Crippen molar-refractivity contribution in [3.05, 3.63) is 35.3 Å². The largest absolute Gasteiger partial charge is 0.444 e. The SMILES string of the molecule is CC(C)(C)OC(=O)NCc1ccc(-c2cnc3ccc(NC(=O)NC4CC4)nc3n2)s1. The Morgan fingerprint density at radius 2 is 1.97 bits per heavy atom. The van der Waals surface area contributed by atoms with Gasteiger partial charge in [0, 0.05) is 10.9 Å². The quantitative estimate of drug-likeness (QED) is 0.551. The number of alkyl carbamates (subject to hydrolysis) is 1. The van der Waals surface area contributed by atoms with Crippen molar-refractivity contribution in [2.75, 3.05) is 5.32 Å². The highest BCUT2D eigenvalue weighted by Gasteiger charge is 2.23. The Balaban J connectivity index is 1.44. The van der Waals surface area contributed by atoms with Gasteiger partial charge >= 0.3 is 12.1 Å². The number of aromatic nitrogens is 3. The molecule has 0 unspecified atom stereocenters. The molecular weight excluding hydrogens is 416 g/mol. The summed E-state index contributed by atoms with van der Waals surface area (Å²) >= 11 is 1.50. The molecule has 1 saturated carbocycles. The van der Waals surface area contributed by atoms with Crippen molar-refractivity contribution in [3.8, 4) is 10.6 Å². The predicted molar refractivity (Wildman–Crippen MR) is 119 cm³/mol. The smallest absolute Gasteiger partial charge is 0.407 e. The number of hydrogen-bond acceptors (Lipinski definition) is 7. The van der Waals surface area contributed by atoms with E-state index in [-0.39, 0.29) is 12.1 Å². The zero-order valence-electron chi connectivity index (χ0n) is 17.6. The minimum absolute atomic E-state index is 0.265. The van der Waals surface area contributed by atoms with Crippen LogP contribution in [0.15, 0.2) is 30.5 Å². The molecule has 0 atom stereocenters. The van der Waals surface area contributed by atoms with Gasteiger partial charge in [0.25, 0.3) is 0 Å². The van der Waals surface area contributed by atoms with Gasteiger partial charge in [0.15, 0.2) is 5.65 Å². The number of fused-ring (bicyclic) bond motifs is 1. The maximum Gasteiger partial charge on any atom is 0.407 e. The highest BCUT2D eigenvalue weighted by Crippen LogP contribution is 2.27. The van der Waals surface area contributed by atoms with E-state index in [9.17, 15) is 9.59 Å². The number of pyridine rings is 1. The second-order valence-corrected chi connectivity index (χ2v) is 9.46. The van der Waals surface area contributed by atoms with Crippen LogP contribution in [0.3, 0.4) is 0 Å². The lowest BCUT2D eigenvalue weighted by molar-refractivity contribution is 0.0524. The first-order valence-electron chi connectivity index (χ1n) is 10.0. The summed E-state index contributed by atoms with van der Waals surface area (Å²) in [5.41, 5.74) is 1.22. The van der Waals surface area contributed by atoms with Gasteiger partial charge in [0.1, 0.15) is 22.6 Å². The van der Waals surface area contributed by atoms with Crippen LogP contribution in [0, 0.1) is 0 Å². The first-order chi connectivity index (χ1) is 14.7. The van der Waals surface area contributed by atoms with Crippen LogP contribution in [0.4, 0.5) is 15.4 Å². The average Bonchev–Trinajstić information content (AvgIpc) is 3.37. The first kappa shape index (κ1) is 21.0. The van der Waals surface area contributed by atoms with Crippen LogP contribution in [0.1, 0.15) is 38.5 Å². The molecule has 9 nitrogen and oxygen atoms in total. The molecule has 3 heterocycles. The fourth-order valence-corrected chi connectivity index (χ4v) is 3.64. The summed E-state index contributed by atoms with van der Waals surface area (Å²) in [6.45, 7) is 5.83.